The van der Waals surface area contributed by atoms with Gasteiger partial charge in [-0.05, 0) is 56.4 Å². The van der Waals surface area contributed by atoms with Gasteiger partial charge in [0.2, 0.25) is 11.8 Å². The maximum absolute atomic E-state index is 13.4. The van der Waals surface area contributed by atoms with Crippen molar-refractivity contribution in [2.75, 3.05) is 37.8 Å². The fourth-order valence-corrected chi connectivity index (χ4v) is 14.5. The van der Waals surface area contributed by atoms with Gasteiger partial charge in [-0.1, -0.05) is 52.0 Å². The van der Waals surface area contributed by atoms with Gasteiger partial charge in [-0.3, -0.25) is 32.9 Å². The van der Waals surface area contributed by atoms with Crippen LogP contribution in [0.4, 0.5) is 5.82 Å². The Balaban J connectivity index is 0.782. The first kappa shape index (κ1) is 55.7. The number of hydrogen-bond acceptors (Lipinski definition) is 24. The van der Waals surface area contributed by atoms with Gasteiger partial charge < -0.3 is 73.8 Å². The number of nitrogens with one attached hydrogen (secondary N) is 2. The van der Waals surface area contributed by atoms with Crippen molar-refractivity contribution in [1.82, 2.24) is 30.2 Å². The number of nitrogens with zero attached hydrogens (tertiary/aromatic N) is 4. The molecule has 5 heterocycles. The van der Waals surface area contributed by atoms with Gasteiger partial charge in [-0.25, -0.2) is 19.3 Å². The fraction of sp³-hybridized carbons (Fsp3) is 0.732. The molecule has 2 aromatic rings. The van der Waals surface area contributed by atoms with Gasteiger partial charge >= 0.3 is 0 Å². The molecular weight excluding hydrogens is 1020 g/mol. The zero-order valence-corrected chi connectivity index (χ0v) is 42.9. The van der Waals surface area contributed by atoms with Gasteiger partial charge in [0.1, 0.15) is 36.3 Å². The number of carbonyl (C=O) groups is 4. The summed E-state index contributed by atoms with van der Waals surface area (Å²) >= 11 is 1.09. The highest BCUT2D eigenvalue weighted by Crippen LogP contribution is 2.71. The Morgan fingerprint density at radius 3 is 2.51 bits per heavy atom. The molecule has 2 unspecified atom stereocenters. The van der Waals surface area contributed by atoms with Crippen LogP contribution in [-0.2, 0) is 60.2 Å². The van der Waals surface area contributed by atoms with E-state index < -0.39 is 90.0 Å². The molecule has 30 heteroatoms. The summed E-state index contributed by atoms with van der Waals surface area (Å²) in [5, 5.41) is 26.5. The minimum absolute atomic E-state index is 0.00252. The van der Waals surface area contributed by atoms with Gasteiger partial charge in [-0.15, -0.1) is 0 Å². The van der Waals surface area contributed by atoms with E-state index >= 15 is 0 Å². The van der Waals surface area contributed by atoms with Crippen LogP contribution in [0.2, 0.25) is 0 Å². The summed E-state index contributed by atoms with van der Waals surface area (Å²) in [6, 6.07) is 0. The molecule has 1 spiro atoms. The highest BCUT2D eigenvalue weighted by Gasteiger charge is 2.71. The van der Waals surface area contributed by atoms with Crippen molar-refractivity contribution >= 4 is 74.9 Å². The van der Waals surface area contributed by atoms with Crippen LogP contribution in [0.3, 0.4) is 0 Å². The molecule has 2 amide bonds. The number of aliphatic hydroxyl groups excluding tert-OH is 2. The number of imidazole rings is 1. The van der Waals surface area contributed by atoms with E-state index in [2.05, 4.69) is 63.4 Å². The molecule has 3 aliphatic carbocycles. The predicted octanol–water partition coefficient (Wildman–Crippen LogP) is -0.338. The average molecular weight is 1080 g/mol. The topological polar surface area (TPSA) is 401 Å². The molecule has 6 aliphatic rings. The molecule has 2 saturated carbocycles. The largest absolute Gasteiger partial charge is 0.790 e. The summed E-state index contributed by atoms with van der Waals surface area (Å²) in [5.41, 5.74) is 3.40. The van der Waals surface area contributed by atoms with Crippen molar-refractivity contribution in [1.29, 1.82) is 0 Å². The molecule has 8 rings (SSSR count). The third-order valence-corrected chi connectivity index (χ3v) is 18.5. The summed E-state index contributed by atoms with van der Waals surface area (Å²) in [7, 11) is -17.7. The lowest BCUT2D eigenvalue weighted by Crippen LogP contribution is -2.56. The van der Waals surface area contributed by atoms with E-state index in [1.54, 1.807) is 6.08 Å². The number of carbonyl (C=O) groups excluding carboxylic acids is 4. The van der Waals surface area contributed by atoms with Crippen molar-refractivity contribution in [3.8, 4) is 0 Å². The van der Waals surface area contributed by atoms with Crippen LogP contribution < -0.4 is 35.9 Å². The van der Waals surface area contributed by atoms with Crippen LogP contribution >= 0.6 is 35.2 Å². The minimum Gasteiger partial charge on any atom is -0.790 e. The van der Waals surface area contributed by atoms with Crippen molar-refractivity contribution < 1.29 is 90.0 Å². The lowest BCUT2D eigenvalue weighted by Gasteiger charge is -2.55. The first-order valence-electron chi connectivity index (χ1n) is 22.9. The number of ether oxygens (including phenoxy) is 2. The second-order valence-corrected chi connectivity index (χ2v) is 25.2. The molecule has 0 radical (unpaired) electrons. The molecule has 26 nitrogen and oxygen atoms in total. The standard InChI is InChI=1S/C41H62N7O19P3S/c1-22(7-6-10-39(4)26(49)8-11-41-16-23-15-24(31(39)41)65-40(23,5)18-41)37(54)71-14-13-43-27(50)9-12-44-35(53)32(52)38(2,3)19-63-70(60,61)67-69(58,59)62-17-25-30(66-68(55,56)57)29(51)36(64-25)48-21-47-28-33(42)45-20-46-34(28)48/h8,11,20-25,29-32,36,51-52H,6-7,9-10,12-19H2,1-5H3,(H,43,50)(H,44,53)(H,58,59)(H,60,61)(H2,42,45,46)(H2,55,56,57)/p-4/t22-,23+,24-,25+,29+,30+,31-,32-,36+,39+,40-,41-/m0/s1. The molecule has 6 N–H and O–H groups in total. The fourth-order valence-electron chi connectivity index (χ4n) is 10.9. The normalized spacial score (nSPS) is 32.6. The van der Waals surface area contributed by atoms with Gasteiger partial charge in [-0.2, -0.15) is 0 Å². The second-order valence-electron chi connectivity index (χ2n) is 20.1. The number of rotatable bonds is 24. The number of phosphoric acid groups is 3. The molecule has 5 fully saturated rings. The van der Waals surface area contributed by atoms with Crippen LogP contribution in [0, 0.1) is 34.0 Å². The van der Waals surface area contributed by atoms with E-state index in [0.717, 1.165) is 48.2 Å². The van der Waals surface area contributed by atoms with Gasteiger partial charge in [0.25, 0.3) is 15.6 Å². The molecule has 396 valence electrons. The summed E-state index contributed by atoms with van der Waals surface area (Å²) in [5.74, 6) is -0.766. The van der Waals surface area contributed by atoms with Crippen molar-refractivity contribution in [2.45, 2.75) is 122 Å². The first-order chi connectivity index (χ1) is 33.0. The van der Waals surface area contributed by atoms with E-state index in [1.165, 1.54) is 13.8 Å². The van der Waals surface area contributed by atoms with E-state index in [9.17, 15) is 62.7 Å². The van der Waals surface area contributed by atoms with Crippen LogP contribution in [-0.4, -0.2) is 121 Å². The summed E-state index contributed by atoms with van der Waals surface area (Å²) in [6.07, 6.45) is 1.30. The van der Waals surface area contributed by atoms with E-state index in [4.69, 9.17) is 15.2 Å². The zero-order chi connectivity index (χ0) is 52.1. The zero-order valence-electron chi connectivity index (χ0n) is 39.4. The van der Waals surface area contributed by atoms with Crippen LogP contribution in [0.15, 0.2) is 24.8 Å². The predicted molar refractivity (Wildman–Crippen MR) is 240 cm³/mol. The lowest BCUT2D eigenvalue weighted by molar-refractivity contribution is -0.347. The number of aromatic nitrogens is 4. The summed E-state index contributed by atoms with van der Waals surface area (Å²) in [4.78, 5) is 111. The number of allylic oxidation sites excluding steroid dienone is 2. The second kappa shape index (κ2) is 20.9. The summed E-state index contributed by atoms with van der Waals surface area (Å²) < 4.78 is 67.5. The Kier molecular flexibility index (Phi) is 16.4. The number of nitrogens with two attached hydrogens (primary N) is 1. The van der Waals surface area contributed by atoms with Crippen LogP contribution in [0.1, 0.15) is 85.8 Å². The smallest absolute Gasteiger partial charge is 0.274 e. The molecule has 4 bridgehead atoms. The number of ketones is 1. The van der Waals surface area contributed by atoms with Crippen LogP contribution in [0.25, 0.3) is 11.2 Å². The van der Waals surface area contributed by atoms with E-state index in [1.807, 2.05) is 6.92 Å². The summed E-state index contributed by atoms with van der Waals surface area (Å²) in [6.45, 7) is 6.14. The van der Waals surface area contributed by atoms with Gasteiger partial charge in [0.05, 0.1) is 39.1 Å². The third kappa shape index (κ3) is 12.2. The van der Waals surface area contributed by atoms with Crippen LogP contribution in [0.5, 0.6) is 0 Å². The molecule has 14 atom stereocenters. The maximum atomic E-state index is 13.4. The minimum atomic E-state index is -5.94. The Morgan fingerprint density at radius 2 is 1.80 bits per heavy atom. The maximum Gasteiger partial charge on any atom is 0.274 e. The number of anilines is 1. The van der Waals surface area contributed by atoms with Gasteiger partial charge in [0.15, 0.2) is 28.6 Å². The van der Waals surface area contributed by atoms with Crippen molar-refractivity contribution in [3.05, 3.63) is 24.8 Å². The van der Waals surface area contributed by atoms with Crippen molar-refractivity contribution in [3.63, 3.8) is 0 Å². The number of phosphoric ester groups is 3. The van der Waals surface area contributed by atoms with Gasteiger partial charge in [0, 0.05) is 47.9 Å². The number of fused-ring (bicyclic) bond motifs is 1. The monoisotopic (exact) mass is 1080 g/mol. The number of hydrogen-bond donors (Lipinski definition) is 5. The molecule has 3 saturated heterocycles. The van der Waals surface area contributed by atoms with E-state index in [0.29, 0.717) is 30.9 Å². The first-order valence-corrected chi connectivity index (χ1v) is 28.3. The molecule has 2 aromatic heterocycles. The molecule has 71 heavy (non-hydrogen) atoms. The highest BCUT2D eigenvalue weighted by molar-refractivity contribution is 8.13. The quantitative estimate of drug-likeness (QED) is 0.0663. The average Bonchev–Trinajstić information content (AvgIpc) is 3.96. The lowest BCUT2D eigenvalue weighted by atomic mass is 9.51. The number of thioether (sulfide) groups is 1. The molecule has 3 aliphatic heterocycles. The number of nitrogen functional groups attached to an aromatic ring is 1. The molecular formula is C41H58N7O19P3S-4. The Bertz CT molecular complexity index is 2550. The number of aliphatic hydroxyl groups is 2. The third-order valence-electron chi connectivity index (χ3n) is 14.4. The number of amides is 2. The van der Waals surface area contributed by atoms with Crippen molar-refractivity contribution in [2.24, 2.45) is 34.0 Å². The highest BCUT2D eigenvalue weighted by atomic mass is 32.2. The Hall–Kier alpha value is -3.07. The Morgan fingerprint density at radius 1 is 1.08 bits per heavy atom. The van der Waals surface area contributed by atoms with E-state index in [-0.39, 0.29) is 76.3 Å². The molecule has 0 aromatic carbocycles. The SMILES string of the molecule is C[C@@H](CCC[C@]1(C)C(=O)C=C[C@]23C[C@H]4C[C@H](O[C@@]4(C)C2)[C@H]31)C(=O)SCCNC(=O)CCNC(=O)[C@H](O)C(C)(C)COP(=O)([O-])OP(=O)([O-])OC[C@H]1O[C@@H](n2cnc3c(N)ncnc32)[C@H](O)[C@@H]1OP(=O)([O-])[O-]. The Labute approximate surface area is 412 Å².